The molecule has 0 aromatic carbocycles. The average molecular weight is 166 g/mol. The summed E-state index contributed by atoms with van der Waals surface area (Å²) in [6.45, 7) is 3.50. The molecule has 0 radical (unpaired) electrons. The Morgan fingerprint density at radius 3 is 2.75 bits per heavy atom. The van der Waals surface area contributed by atoms with E-state index in [2.05, 4.69) is 13.0 Å². The van der Waals surface area contributed by atoms with Gasteiger partial charge >= 0.3 is 5.97 Å². The number of allylic oxidation sites excluding steroid dienone is 3. The molecule has 0 N–H and O–H groups in total. The molecular formula is C10H14O2. The molecule has 1 aliphatic rings. The van der Waals surface area contributed by atoms with Crippen LogP contribution < -0.4 is 0 Å². The molecule has 12 heavy (non-hydrogen) atoms. The molecule has 0 heterocycles. The summed E-state index contributed by atoms with van der Waals surface area (Å²) in [7, 11) is 0. The van der Waals surface area contributed by atoms with Gasteiger partial charge in [0.15, 0.2) is 0 Å². The second-order valence-electron chi connectivity index (χ2n) is 2.82. The molecule has 0 amide bonds. The lowest BCUT2D eigenvalue weighted by atomic mass is 10.0. The highest BCUT2D eigenvalue weighted by Crippen LogP contribution is 2.22. The van der Waals surface area contributed by atoms with Crippen LogP contribution >= 0.6 is 0 Å². The van der Waals surface area contributed by atoms with Crippen molar-refractivity contribution in [1.29, 1.82) is 0 Å². The fourth-order valence-corrected chi connectivity index (χ4v) is 1.28. The Bertz CT molecular complexity index is 236. The van der Waals surface area contributed by atoms with Crippen LogP contribution in [0, 0.1) is 0 Å². The highest BCUT2D eigenvalue weighted by molar-refractivity contribution is 5.68. The van der Waals surface area contributed by atoms with Gasteiger partial charge in [-0.1, -0.05) is 13.0 Å². The van der Waals surface area contributed by atoms with Crippen molar-refractivity contribution in [3.63, 3.8) is 0 Å². The zero-order chi connectivity index (χ0) is 8.97. The molecule has 2 nitrogen and oxygen atoms in total. The van der Waals surface area contributed by atoms with Crippen molar-refractivity contribution in [3.8, 4) is 0 Å². The van der Waals surface area contributed by atoms with Gasteiger partial charge in [0, 0.05) is 6.92 Å². The Balaban J connectivity index is 2.67. The standard InChI is InChI=1S/C10H14O2/c1-3-9-6-4-5-7-10(9)12-8(2)11/h6-7H,3-5H2,1-2H3. The molecule has 0 bridgehead atoms. The normalized spacial score (nSPS) is 16.5. The summed E-state index contributed by atoms with van der Waals surface area (Å²) in [5.74, 6) is 0.527. The quantitative estimate of drug-likeness (QED) is 0.589. The van der Waals surface area contributed by atoms with Crippen molar-refractivity contribution in [1.82, 2.24) is 0 Å². The zero-order valence-electron chi connectivity index (χ0n) is 7.59. The molecule has 0 fully saturated rings. The van der Waals surface area contributed by atoms with Crippen LogP contribution in [0.1, 0.15) is 33.1 Å². The number of hydrogen-bond acceptors (Lipinski definition) is 2. The molecule has 1 rings (SSSR count). The van der Waals surface area contributed by atoms with Gasteiger partial charge in [-0.15, -0.1) is 0 Å². The average Bonchev–Trinajstić information content (AvgIpc) is 2.04. The van der Waals surface area contributed by atoms with E-state index in [-0.39, 0.29) is 5.97 Å². The molecule has 0 atom stereocenters. The summed E-state index contributed by atoms with van der Waals surface area (Å²) >= 11 is 0. The van der Waals surface area contributed by atoms with E-state index in [1.165, 1.54) is 6.92 Å². The van der Waals surface area contributed by atoms with Gasteiger partial charge in [-0.25, -0.2) is 0 Å². The predicted octanol–water partition coefficient (Wildman–Crippen LogP) is 2.56. The van der Waals surface area contributed by atoms with Gasteiger partial charge in [0.05, 0.1) is 0 Å². The lowest BCUT2D eigenvalue weighted by Crippen LogP contribution is -2.03. The van der Waals surface area contributed by atoms with Crippen molar-refractivity contribution in [2.75, 3.05) is 0 Å². The van der Waals surface area contributed by atoms with Crippen LogP contribution in [0.15, 0.2) is 23.5 Å². The van der Waals surface area contributed by atoms with E-state index in [1.807, 2.05) is 6.08 Å². The smallest absolute Gasteiger partial charge is 0.308 e. The summed E-state index contributed by atoms with van der Waals surface area (Å²) < 4.78 is 5.05. The number of rotatable bonds is 2. The molecule has 0 saturated heterocycles. The van der Waals surface area contributed by atoms with E-state index >= 15 is 0 Å². The third-order valence-corrected chi connectivity index (χ3v) is 1.84. The maximum Gasteiger partial charge on any atom is 0.308 e. The van der Waals surface area contributed by atoms with Crippen LogP contribution in [0.4, 0.5) is 0 Å². The highest BCUT2D eigenvalue weighted by Gasteiger charge is 2.09. The van der Waals surface area contributed by atoms with Crippen molar-refractivity contribution in [2.24, 2.45) is 0 Å². The molecule has 0 spiro atoms. The predicted molar refractivity (Wildman–Crippen MR) is 47.5 cm³/mol. The number of carbonyl (C=O) groups excluding carboxylic acids is 1. The van der Waals surface area contributed by atoms with E-state index in [4.69, 9.17) is 4.74 Å². The van der Waals surface area contributed by atoms with Crippen LogP contribution in [0.3, 0.4) is 0 Å². The van der Waals surface area contributed by atoms with Gasteiger partial charge in [0.1, 0.15) is 5.76 Å². The summed E-state index contributed by atoms with van der Waals surface area (Å²) in [6.07, 6.45) is 7.09. The Hall–Kier alpha value is -1.05. The topological polar surface area (TPSA) is 26.3 Å². The van der Waals surface area contributed by atoms with Crippen LogP contribution in [-0.4, -0.2) is 5.97 Å². The fraction of sp³-hybridized carbons (Fsp3) is 0.500. The molecule has 0 aromatic heterocycles. The lowest BCUT2D eigenvalue weighted by Gasteiger charge is -2.13. The van der Waals surface area contributed by atoms with Crippen LogP contribution in [0.2, 0.25) is 0 Å². The van der Waals surface area contributed by atoms with Crippen molar-refractivity contribution < 1.29 is 9.53 Å². The second-order valence-corrected chi connectivity index (χ2v) is 2.82. The van der Waals surface area contributed by atoms with Crippen molar-refractivity contribution >= 4 is 5.97 Å². The van der Waals surface area contributed by atoms with Gasteiger partial charge in [0.2, 0.25) is 0 Å². The zero-order valence-corrected chi connectivity index (χ0v) is 7.59. The molecule has 2 heteroatoms. The minimum Gasteiger partial charge on any atom is -0.427 e. The minimum absolute atomic E-state index is 0.234. The Morgan fingerprint density at radius 1 is 1.50 bits per heavy atom. The van der Waals surface area contributed by atoms with Gasteiger partial charge in [0.25, 0.3) is 0 Å². The Labute approximate surface area is 72.9 Å². The summed E-state index contributed by atoms with van der Waals surface area (Å²) in [6, 6.07) is 0. The number of ether oxygens (including phenoxy) is 1. The lowest BCUT2D eigenvalue weighted by molar-refractivity contribution is -0.136. The van der Waals surface area contributed by atoms with E-state index < -0.39 is 0 Å². The first-order valence-corrected chi connectivity index (χ1v) is 4.32. The molecule has 66 valence electrons. The largest absolute Gasteiger partial charge is 0.427 e. The SMILES string of the molecule is CCC1=CCCC=C1OC(C)=O. The summed E-state index contributed by atoms with van der Waals surface area (Å²) in [5, 5.41) is 0. The highest BCUT2D eigenvalue weighted by atomic mass is 16.5. The van der Waals surface area contributed by atoms with Crippen molar-refractivity contribution in [2.45, 2.75) is 33.1 Å². The van der Waals surface area contributed by atoms with Gasteiger partial charge in [-0.2, -0.15) is 0 Å². The van der Waals surface area contributed by atoms with Crippen LogP contribution in [-0.2, 0) is 9.53 Å². The third-order valence-electron chi connectivity index (χ3n) is 1.84. The Kier molecular flexibility index (Phi) is 3.09. The van der Waals surface area contributed by atoms with E-state index in [9.17, 15) is 4.79 Å². The van der Waals surface area contributed by atoms with Gasteiger partial charge < -0.3 is 4.74 Å². The Morgan fingerprint density at radius 2 is 2.17 bits per heavy atom. The monoisotopic (exact) mass is 166 g/mol. The fourth-order valence-electron chi connectivity index (χ4n) is 1.28. The number of hydrogen-bond donors (Lipinski definition) is 0. The van der Waals surface area contributed by atoms with Crippen molar-refractivity contribution in [3.05, 3.63) is 23.5 Å². The second kappa shape index (κ2) is 4.10. The molecule has 0 unspecified atom stereocenters. The first-order chi connectivity index (χ1) is 5.74. The first kappa shape index (κ1) is 9.04. The first-order valence-electron chi connectivity index (χ1n) is 4.32. The molecule has 0 aliphatic heterocycles. The van der Waals surface area contributed by atoms with E-state index in [1.54, 1.807) is 0 Å². The molecular weight excluding hydrogens is 152 g/mol. The minimum atomic E-state index is -0.234. The third kappa shape index (κ3) is 2.22. The van der Waals surface area contributed by atoms with E-state index in [0.717, 1.165) is 30.6 Å². The van der Waals surface area contributed by atoms with Crippen LogP contribution in [0.5, 0.6) is 0 Å². The summed E-state index contributed by atoms with van der Waals surface area (Å²) in [5.41, 5.74) is 1.15. The molecule has 0 saturated carbocycles. The number of carbonyl (C=O) groups is 1. The van der Waals surface area contributed by atoms with Gasteiger partial charge in [-0.05, 0) is 30.9 Å². The van der Waals surface area contributed by atoms with Gasteiger partial charge in [-0.3, -0.25) is 4.79 Å². The maximum atomic E-state index is 10.7. The molecule has 1 aliphatic carbocycles. The maximum absolute atomic E-state index is 10.7. The number of esters is 1. The summed E-state index contributed by atoms with van der Waals surface area (Å²) in [4.78, 5) is 10.7. The van der Waals surface area contributed by atoms with E-state index in [0.29, 0.717) is 0 Å². The van der Waals surface area contributed by atoms with Crippen LogP contribution in [0.25, 0.3) is 0 Å². The molecule has 0 aromatic rings.